The van der Waals surface area contributed by atoms with Gasteiger partial charge in [-0.2, -0.15) is 10.1 Å². The van der Waals surface area contributed by atoms with Crippen molar-refractivity contribution in [2.24, 2.45) is 11.1 Å². The number of hydrogen-bond acceptors (Lipinski definition) is 8. The molecule has 1 amide bonds. The van der Waals surface area contributed by atoms with Crippen LogP contribution in [0.25, 0.3) is 10.9 Å². The third-order valence-electron chi connectivity index (χ3n) is 4.99. The number of ether oxygens (including phenoxy) is 1. The number of rotatable bonds is 9. The summed E-state index contributed by atoms with van der Waals surface area (Å²) in [5, 5.41) is 12.0. The molecule has 0 spiro atoms. The fourth-order valence-corrected chi connectivity index (χ4v) is 3.35. The molecule has 0 fully saturated rings. The highest BCUT2D eigenvalue weighted by Crippen LogP contribution is 2.32. The van der Waals surface area contributed by atoms with E-state index in [0.717, 1.165) is 23.7 Å². The number of para-hydroxylation sites is 1. The monoisotopic (exact) mass is 442 g/mol. The lowest BCUT2D eigenvalue weighted by Crippen LogP contribution is -2.37. The standard InChI is InChI=1S/C22H30N6O4/c1-5-31-21(30)18-25-20(32-27-18)17(22(2,3)4)24-19(29)16-14-10-6-7-11-15(14)28(26-16)13-9-8-12-23/h6-7,10-11,17H,5,8-9,12-13,23H2,1-4H3,(H,24,29). The van der Waals surface area contributed by atoms with Gasteiger partial charge in [-0.3, -0.25) is 9.48 Å². The predicted molar refractivity (Wildman–Crippen MR) is 118 cm³/mol. The summed E-state index contributed by atoms with van der Waals surface area (Å²) >= 11 is 0. The normalized spacial score (nSPS) is 12.7. The second-order valence-electron chi connectivity index (χ2n) is 8.53. The maximum Gasteiger partial charge on any atom is 0.379 e. The Morgan fingerprint density at radius 1 is 1.25 bits per heavy atom. The molecule has 0 aliphatic heterocycles. The zero-order chi connectivity index (χ0) is 23.3. The van der Waals surface area contributed by atoms with Crippen LogP contribution in [0.15, 0.2) is 28.8 Å². The van der Waals surface area contributed by atoms with Gasteiger partial charge in [0.1, 0.15) is 6.04 Å². The maximum absolute atomic E-state index is 13.3. The molecule has 10 nitrogen and oxygen atoms in total. The number of carbonyl (C=O) groups excluding carboxylic acids is 2. The Balaban J connectivity index is 1.89. The Morgan fingerprint density at radius 3 is 2.69 bits per heavy atom. The van der Waals surface area contributed by atoms with Crippen molar-refractivity contribution in [3.63, 3.8) is 0 Å². The molecule has 0 saturated carbocycles. The van der Waals surface area contributed by atoms with Gasteiger partial charge < -0.3 is 20.3 Å². The predicted octanol–water partition coefficient (Wildman–Crippen LogP) is 2.85. The van der Waals surface area contributed by atoms with Crippen LogP contribution in [0.4, 0.5) is 0 Å². The molecule has 0 aliphatic rings. The SMILES string of the molecule is CCOC(=O)c1noc(C(NC(=O)c2nn(CCCCN)c3ccccc23)C(C)(C)C)n1. The number of carbonyl (C=O) groups is 2. The van der Waals surface area contributed by atoms with E-state index in [2.05, 4.69) is 20.6 Å². The van der Waals surface area contributed by atoms with Crippen molar-refractivity contribution in [2.75, 3.05) is 13.2 Å². The smallest absolute Gasteiger partial charge is 0.379 e. The fourth-order valence-electron chi connectivity index (χ4n) is 3.35. The number of nitrogens with zero attached hydrogens (tertiary/aromatic N) is 4. The van der Waals surface area contributed by atoms with Crippen LogP contribution in [-0.4, -0.2) is 44.9 Å². The highest BCUT2D eigenvalue weighted by molar-refractivity contribution is 6.05. The zero-order valence-corrected chi connectivity index (χ0v) is 18.9. The molecular formula is C22H30N6O4. The molecular weight excluding hydrogens is 412 g/mol. The number of hydrogen-bond donors (Lipinski definition) is 2. The molecule has 0 radical (unpaired) electrons. The summed E-state index contributed by atoms with van der Waals surface area (Å²) in [6.07, 6.45) is 1.74. The molecule has 0 saturated heterocycles. The van der Waals surface area contributed by atoms with Crippen LogP contribution in [-0.2, 0) is 11.3 Å². The Hall–Kier alpha value is -3.27. The first-order valence-corrected chi connectivity index (χ1v) is 10.7. The van der Waals surface area contributed by atoms with Crippen molar-refractivity contribution >= 4 is 22.8 Å². The van der Waals surface area contributed by atoms with Crippen molar-refractivity contribution in [1.82, 2.24) is 25.2 Å². The third kappa shape index (κ3) is 5.13. The van der Waals surface area contributed by atoms with Gasteiger partial charge in [0.2, 0.25) is 5.89 Å². The first-order valence-electron chi connectivity index (χ1n) is 10.7. The molecule has 1 aromatic carbocycles. The topological polar surface area (TPSA) is 138 Å². The minimum atomic E-state index is -0.677. The van der Waals surface area contributed by atoms with Crippen LogP contribution in [0, 0.1) is 5.41 Å². The van der Waals surface area contributed by atoms with Crippen LogP contribution in [0.5, 0.6) is 0 Å². The van der Waals surface area contributed by atoms with Crippen molar-refractivity contribution in [3.8, 4) is 0 Å². The van der Waals surface area contributed by atoms with Gasteiger partial charge >= 0.3 is 5.97 Å². The van der Waals surface area contributed by atoms with E-state index < -0.39 is 17.4 Å². The molecule has 1 unspecified atom stereocenters. The Labute approximate surface area is 186 Å². The second kappa shape index (κ2) is 9.90. The number of nitrogens with two attached hydrogens (primary N) is 1. The molecule has 1 atom stereocenters. The number of amides is 1. The minimum absolute atomic E-state index is 0.126. The molecule has 2 aromatic heterocycles. The summed E-state index contributed by atoms with van der Waals surface area (Å²) < 4.78 is 12.0. The van der Waals surface area contributed by atoms with E-state index in [1.54, 1.807) is 6.92 Å². The van der Waals surface area contributed by atoms with E-state index in [-0.39, 0.29) is 24.2 Å². The summed E-state index contributed by atoms with van der Waals surface area (Å²) in [5.41, 5.74) is 6.32. The minimum Gasteiger partial charge on any atom is -0.460 e. The van der Waals surface area contributed by atoms with Crippen LogP contribution in [0.2, 0.25) is 0 Å². The Bertz CT molecular complexity index is 1080. The summed E-state index contributed by atoms with van der Waals surface area (Å²) in [4.78, 5) is 29.4. The molecule has 3 aromatic rings. The lowest BCUT2D eigenvalue weighted by molar-refractivity contribution is 0.0508. The third-order valence-corrected chi connectivity index (χ3v) is 4.99. The molecule has 0 bridgehead atoms. The number of fused-ring (bicyclic) bond motifs is 1. The van der Waals surface area contributed by atoms with Gasteiger partial charge in [0, 0.05) is 11.9 Å². The van der Waals surface area contributed by atoms with Crippen molar-refractivity contribution in [3.05, 3.63) is 41.7 Å². The quantitative estimate of drug-likeness (QED) is 0.381. The molecule has 172 valence electrons. The summed E-state index contributed by atoms with van der Waals surface area (Å²) in [5.74, 6) is -1.10. The Morgan fingerprint density at radius 2 is 2.00 bits per heavy atom. The van der Waals surface area contributed by atoms with Gasteiger partial charge in [-0.05, 0) is 42.9 Å². The zero-order valence-electron chi connectivity index (χ0n) is 18.9. The highest BCUT2D eigenvalue weighted by Gasteiger charge is 2.35. The Kier molecular flexibility index (Phi) is 7.24. The molecule has 32 heavy (non-hydrogen) atoms. The molecule has 2 heterocycles. The summed E-state index contributed by atoms with van der Waals surface area (Å²) in [6, 6.07) is 6.95. The first-order chi connectivity index (χ1) is 15.3. The maximum atomic E-state index is 13.3. The average Bonchev–Trinajstić information content (AvgIpc) is 3.37. The van der Waals surface area contributed by atoms with Gasteiger partial charge in [0.15, 0.2) is 5.69 Å². The van der Waals surface area contributed by atoms with E-state index in [1.807, 2.05) is 49.7 Å². The van der Waals surface area contributed by atoms with E-state index in [4.69, 9.17) is 15.0 Å². The second-order valence-corrected chi connectivity index (χ2v) is 8.53. The van der Waals surface area contributed by atoms with E-state index in [1.165, 1.54) is 0 Å². The van der Waals surface area contributed by atoms with Gasteiger partial charge in [-0.25, -0.2) is 4.79 Å². The van der Waals surface area contributed by atoms with E-state index in [9.17, 15) is 9.59 Å². The van der Waals surface area contributed by atoms with E-state index in [0.29, 0.717) is 18.8 Å². The fraction of sp³-hybridized carbons (Fsp3) is 0.500. The van der Waals surface area contributed by atoms with E-state index >= 15 is 0 Å². The van der Waals surface area contributed by atoms with Crippen LogP contribution < -0.4 is 11.1 Å². The van der Waals surface area contributed by atoms with Gasteiger partial charge in [0.25, 0.3) is 11.7 Å². The first kappa shape index (κ1) is 23.4. The lowest BCUT2D eigenvalue weighted by atomic mass is 9.86. The molecule has 0 aliphatic carbocycles. The summed E-state index contributed by atoms with van der Waals surface area (Å²) in [6.45, 7) is 8.94. The molecule has 10 heteroatoms. The van der Waals surface area contributed by atoms with Crippen molar-refractivity contribution in [2.45, 2.75) is 53.1 Å². The average molecular weight is 443 g/mol. The number of unbranched alkanes of at least 4 members (excludes halogenated alkanes) is 1. The number of aromatic nitrogens is 4. The van der Waals surface area contributed by atoms with Crippen LogP contribution >= 0.6 is 0 Å². The van der Waals surface area contributed by atoms with Gasteiger partial charge in [0.05, 0.1) is 12.1 Å². The number of esters is 1. The van der Waals surface area contributed by atoms with Crippen molar-refractivity contribution in [1.29, 1.82) is 0 Å². The van der Waals surface area contributed by atoms with Crippen molar-refractivity contribution < 1.29 is 18.8 Å². The van der Waals surface area contributed by atoms with Crippen LogP contribution in [0.3, 0.4) is 0 Å². The van der Waals surface area contributed by atoms with Crippen LogP contribution in [0.1, 0.15) is 73.6 Å². The highest BCUT2D eigenvalue weighted by atomic mass is 16.5. The number of nitrogens with one attached hydrogen (secondary N) is 1. The lowest BCUT2D eigenvalue weighted by Gasteiger charge is -2.28. The number of benzene rings is 1. The summed E-state index contributed by atoms with van der Waals surface area (Å²) in [7, 11) is 0. The van der Waals surface area contributed by atoms with Gasteiger partial charge in [-0.1, -0.05) is 39.0 Å². The largest absolute Gasteiger partial charge is 0.460 e. The number of aryl methyl sites for hydroxylation is 1. The van der Waals surface area contributed by atoms with Gasteiger partial charge in [-0.15, -0.1) is 0 Å². The molecule has 3 rings (SSSR count). The molecule has 3 N–H and O–H groups in total.